The number of hydrogen-bond donors (Lipinski definition) is 0. The molecule has 0 bridgehead atoms. The van der Waals surface area contributed by atoms with Gasteiger partial charge in [-0.2, -0.15) is 0 Å². The molecule has 1 aromatic heterocycles. The first-order valence-corrected chi connectivity index (χ1v) is 6.49. The molecule has 2 aromatic rings. The number of ether oxygens (including phenoxy) is 2. The lowest BCUT2D eigenvalue weighted by molar-refractivity contribution is 0.111. The number of carbonyl (C=O) groups excluding carboxylic acids is 1. The minimum Gasteiger partial charge on any atom is -0.486 e. The highest BCUT2D eigenvalue weighted by molar-refractivity contribution is 9.10. The molecule has 0 atom stereocenters. The first-order chi connectivity index (χ1) is 9.26. The van der Waals surface area contributed by atoms with Crippen LogP contribution in [0.2, 0.25) is 0 Å². The third-order valence-electron chi connectivity index (χ3n) is 2.72. The fourth-order valence-corrected chi connectivity index (χ4v) is 2.29. The number of nitrogens with zero attached hydrogens (tertiary/aromatic N) is 3. The van der Waals surface area contributed by atoms with Crippen LogP contribution >= 0.6 is 15.9 Å². The number of halogens is 1. The zero-order valence-corrected chi connectivity index (χ0v) is 11.5. The summed E-state index contributed by atoms with van der Waals surface area (Å²) in [6, 6.07) is 3.78. The molecule has 0 spiro atoms. The molecule has 19 heavy (non-hydrogen) atoms. The number of fused-ring (bicyclic) bond motifs is 1. The quantitative estimate of drug-likeness (QED) is 0.804. The van der Waals surface area contributed by atoms with E-state index in [0.29, 0.717) is 31.7 Å². The van der Waals surface area contributed by atoms with Gasteiger partial charge >= 0.3 is 0 Å². The van der Waals surface area contributed by atoms with Gasteiger partial charge < -0.3 is 9.47 Å². The van der Waals surface area contributed by atoms with Crippen LogP contribution in [-0.2, 0) is 6.54 Å². The Morgan fingerprint density at radius 3 is 2.74 bits per heavy atom. The average Bonchev–Trinajstić information content (AvgIpc) is 2.87. The summed E-state index contributed by atoms with van der Waals surface area (Å²) in [7, 11) is 0. The average molecular weight is 324 g/mol. The van der Waals surface area contributed by atoms with Gasteiger partial charge in [0.2, 0.25) is 0 Å². The van der Waals surface area contributed by atoms with Crippen LogP contribution in [0.1, 0.15) is 16.1 Å². The predicted molar refractivity (Wildman–Crippen MR) is 69.6 cm³/mol. The van der Waals surface area contributed by atoms with E-state index in [1.165, 1.54) is 0 Å². The van der Waals surface area contributed by atoms with E-state index >= 15 is 0 Å². The Kier molecular flexibility index (Phi) is 3.20. The number of carbonyl (C=O) groups is 1. The molecule has 98 valence electrons. The van der Waals surface area contributed by atoms with Crippen LogP contribution in [0.25, 0.3) is 0 Å². The van der Waals surface area contributed by atoms with Crippen molar-refractivity contribution in [2.45, 2.75) is 6.54 Å². The maximum Gasteiger partial charge on any atom is 0.171 e. The molecule has 0 unspecified atom stereocenters. The molecular weight excluding hydrogens is 314 g/mol. The summed E-state index contributed by atoms with van der Waals surface area (Å²) >= 11 is 3.49. The SMILES string of the molecule is O=Cc1cn(Cc2cc3c(cc2Br)OCCO3)nn1. The van der Waals surface area contributed by atoms with E-state index in [4.69, 9.17) is 9.47 Å². The van der Waals surface area contributed by atoms with Crippen LogP contribution in [0.4, 0.5) is 0 Å². The molecule has 0 radical (unpaired) electrons. The van der Waals surface area contributed by atoms with E-state index < -0.39 is 0 Å². The maximum atomic E-state index is 10.6. The monoisotopic (exact) mass is 323 g/mol. The van der Waals surface area contributed by atoms with Crippen molar-refractivity contribution in [2.24, 2.45) is 0 Å². The van der Waals surface area contributed by atoms with Crippen molar-refractivity contribution >= 4 is 22.2 Å². The van der Waals surface area contributed by atoms with E-state index in [2.05, 4.69) is 26.2 Å². The minimum atomic E-state index is 0.314. The van der Waals surface area contributed by atoms with E-state index in [1.54, 1.807) is 10.9 Å². The molecule has 6 nitrogen and oxygen atoms in total. The van der Waals surface area contributed by atoms with Crippen LogP contribution in [0.5, 0.6) is 11.5 Å². The topological polar surface area (TPSA) is 66.2 Å². The van der Waals surface area contributed by atoms with Gasteiger partial charge in [0.15, 0.2) is 17.8 Å². The predicted octanol–water partition coefficient (Wildman–Crippen LogP) is 1.67. The van der Waals surface area contributed by atoms with Gasteiger partial charge in [-0.05, 0) is 17.7 Å². The van der Waals surface area contributed by atoms with Crippen molar-refractivity contribution in [3.63, 3.8) is 0 Å². The molecule has 0 saturated heterocycles. The Morgan fingerprint density at radius 1 is 1.32 bits per heavy atom. The van der Waals surface area contributed by atoms with Crippen LogP contribution in [0.3, 0.4) is 0 Å². The summed E-state index contributed by atoms with van der Waals surface area (Å²) in [5, 5.41) is 7.60. The highest BCUT2D eigenvalue weighted by atomic mass is 79.9. The van der Waals surface area contributed by atoms with E-state index in [9.17, 15) is 4.79 Å². The fraction of sp³-hybridized carbons (Fsp3) is 0.250. The largest absolute Gasteiger partial charge is 0.486 e. The zero-order valence-electron chi connectivity index (χ0n) is 9.88. The van der Waals surface area contributed by atoms with Crippen molar-refractivity contribution in [3.8, 4) is 11.5 Å². The molecule has 2 heterocycles. The van der Waals surface area contributed by atoms with E-state index in [0.717, 1.165) is 21.5 Å². The second-order valence-electron chi connectivity index (χ2n) is 4.05. The third-order valence-corrected chi connectivity index (χ3v) is 3.46. The Bertz CT molecular complexity index is 627. The lowest BCUT2D eigenvalue weighted by Gasteiger charge is -2.19. The molecule has 1 aliphatic rings. The number of aromatic nitrogens is 3. The lowest BCUT2D eigenvalue weighted by atomic mass is 10.2. The fourth-order valence-electron chi connectivity index (χ4n) is 1.85. The molecule has 1 aromatic carbocycles. The van der Waals surface area contributed by atoms with Gasteiger partial charge in [-0.1, -0.05) is 21.1 Å². The summed E-state index contributed by atoms with van der Waals surface area (Å²) in [5.41, 5.74) is 1.29. The van der Waals surface area contributed by atoms with Gasteiger partial charge in [-0.3, -0.25) is 4.79 Å². The van der Waals surface area contributed by atoms with Gasteiger partial charge in [0, 0.05) is 4.47 Å². The van der Waals surface area contributed by atoms with Crippen molar-refractivity contribution in [3.05, 3.63) is 34.1 Å². The van der Waals surface area contributed by atoms with Crippen molar-refractivity contribution < 1.29 is 14.3 Å². The molecule has 7 heteroatoms. The van der Waals surface area contributed by atoms with Gasteiger partial charge in [0.05, 0.1) is 12.7 Å². The number of benzene rings is 1. The van der Waals surface area contributed by atoms with Crippen LogP contribution < -0.4 is 9.47 Å². The second-order valence-corrected chi connectivity index (χ2v) is 4.90. The summed E-state index contributed by atoms with van der Waals surface area (Å²) < 4.78 is 13.5. The van der Waals surface area contributed by atoms with Crippen LogP contribution in [-0.4, -0.2) is 34.5 Å². The van der Waals surface area contributed by atoms with E-state index in [1.807, 2.05) is 12.1 Å². The number of aldehydes is 1. The molecule has 1 aliphatic heterocycles. The van der Waals surface area contributed by atoms with Gasteiger partial charge in [-0.15, -0.1) is 5.10 Å². The van der Waals surface area contributed by atoms with Crippen molar-refractivity contribution in [1.29, 1.82) is 0 Å². The smallest absolute Gasteiger partial charge is 0.171 e. The minimum absolute atomic E-state index is 0.314. The van der Waals surface area contributed by atoms with Gasteiger partial charge in [-0.25, -0.2) is 4.68 Å². The summed E-state index contributed by atoms with van der Waals surface area (Å²) in [5.74, 6) is 1.45. The lowest BCUT2D eigenvalue weighted by Crippen LogP contribution is -2.16. The van der Waals surface area contributed by atoms with Crippen molar-refractivity contribution in [1.82, 2.24) is 15.0 Å². The van der Waals surface area contributed by atoms with Gasteiger partial charge in [0.1, 0.15) is 18.9 Å². The van der Waals surface area contributed by atoms with Crippen LogP contribution in [0.15, 0.2) is 22.8 Å². The summed E-state index contributed by atoms with van der Waals surface area (Å²) in [6.45, 7) is 1.61. The molecule has 0 N–H and O–H groups in total. The zero-order chi connectivity index (χ0) is 13.2. The second kappa shape index (κ2) is 5.00. The highest BCUT2D eigenvalue weighted by Gasteiger charge is 2.15. The standard InChI is InChI=1S/C12H10BrN3O3/c13-10-4-12-11(18-1-2-19-12)3-8(10)5-16-6-9(7-17)14-15-16/h3-4,6-7H,1-2,5H2. The van der Waals surface area contributed by atoms with E-state index in [-0.39, 0.29) is 0 Å². The molecular formula is C12H10BrN3O3. The normalized spacial score (nSPS) is 13.3. The Labute approximate surface area is 117 Å². The Morgan fingerprint density at radius 2 is 2.05 bits per heavy atom. The first kappa shape index (κ1) is 12.2. The first-order valence-electron chi connectivity index (χ1n) is 5.69. The summed E-state index contributed by atoms with van der Waals surface area (Å²) in [6.07, 6.45) is 2.26. The third kappa shape index (κ3) is 2.46. The molecule has 3 rings (SSSR count). The molecule has 0 saturated carbocycles. The van der Waals surface area contributed by atoms with Gasteiger partial charge in [0.25, 0.3) is 0 Å². The maximum absolute atomic E-state index is 10.6. The molecule has 0 aliphatic carbocycles. The molecule has 0 amide bonds. The summed E-state index contributed by atoms with van der Waals surface area (Å²) in [4.78, 5) is 10.6. The Hall–Kier alpha value is -1.89. The van der Waals surface area contributed by atoms with Crippen molar-refractivity contribution in [2.75, 3.05) is 13.2 Å². The molecule has 0 fully saturated rings. The number of rotatable bonds is 3. The number of hydrogen-bond acceptors (Lipinski definition) is 5. The van der Waals surface area contributed by atoms with Crippen LogP contribution in [0, 0.1) is 0 Å². The highest BCUT2D eigenvalue weighted by Crippen LogP contribution is 2.35. The Balaban J connectivity index is 1.89.